The van der Waals surface area contributed by atoms with Crippen molar-refractivity contribution in [2.45, 2.75) is 12.7 Å². The lowest BCUT2D eigenvalue weighted by molar-refractivity contribution is -0.0491. The molecule has 14 heavy (non-hydrogen) atoms. The van der Waals surface area contributed by atoms with Crippen molar-refractivity contribution in [2.24, 2.45) is 0 Å². The summed E-state index contributed by atoms with van der Waals surface area (Å²) in [5, 5.41) is 0.0100. The summed E-state index contributed by atoms with van der Waals surface area (Å²) >= 11 is 10.8. The normalized spacial score (nSPS) is 13.0. The Hall–Kier alpha value is -0.193. The van der Waals surface area contributed by atoms with Crippen LogP contribution in [0.1, 0.15) is 5.56 Å². The molecule has 0 nitrogen and oxygen atoms in total. The van der Waals surface area contributed by atoms with Crippen molar-refractivity contribution in [3.05, 3.63) is 29.8 Å². The number of halogens is 5. The molecule has 0 amide bonds. The van der Waals surface area contributed by atoms with E-state index in [4.69, 9.17) is 22.2 Å². The maximum absolute atomic E-state index is 12.5. The van der Waals surface area contributed by atoms with Crippen molar-refractivity contribution in [3.8, 4) is 0 Å². The van der Waals surface area contributed by atoms with Gasteiger partial charge in [-0.2, -0.15) is 13.2 Å². The number of rotatable bonds is 1. The summed E-state index contributed by atoms with van der Waals surface area (Å²) in [6.07, 6.45) is 0. The fraction of sp³-hybridized carbons (Fsp3) is 0.250. The van der Waals surface area contributed by atoms with Gasteiger partial charge in [0.2, 0.25) is 0 Å². The molecule has 0 unspecified atom stereocenters. The van der Waals surface area contributed by atoms with E-state index in [-0.39, 0.29) is 5.19 Å². The first-order valence-corrected chi connectivity index (χ1v) is 7.80. The number of benzene rings is 1. The Kier molecular flexibility index (Phi) is 3.19. The van der Waals surface area contributed by atoms with Crippen LogP contribution >= 0.6 is 22.2 Å². The van der Waals surface area contributed by atoms with Crippen molar-refractivity contribution in [2.75, 3.05) is 0 Å². The molecule has 0 radical (unpaired) electrons. The van der Waals surface area contributed by atoms with Crippen LogP contribution in [0.4, 0.5) is 13.2 Å². The maximum atomic E-state index is 12.5. The molecule has 0 saturated heterocycles. The Labute approximate surface area is 90.1 Å². The average Bonchev–Trinajstić information content (AvgIpc) is 2.02. The fourth-order valence-corrected chi connectivity index (χ4v) is 3.54. The third-order valence-corrected chi connectivity index (χ3v) is 6.30. The Morgan fingerprint density at radius 1 is 1.14 bits per heavy atom. The molecule has 0 atom stereocenters. The van der Waals surface area contributed by atoms with Crippen LogP contribution in [0.2, 0.25) is 0 Å². The summed E-state index contributed by atoms with van der Waals surface area (Å²) in [7, 11) is 0. The van der Waals surface area contributed by atoms with Crippen LogP contribution in [0.3, 0.4) is 0 Å². The van der Waals surface area contributed by atoms with Gasteiger partial charge in [-0.3, -0.25) is 0 Å². The van der Waals surface area contributed by atoms with Crippen molar-refractivity contribution < 1.29 is 13.2 Å². The topological polar surface area (TPSA) is 0 Å². The lowest BCUT2D eigenvalue weighted by Crippen LogP contribution is -2.52. The molecule has 0 N–H and O–H groups in total. The average molecular weight is 259 g/mol. The number of alkyl halides is 3. The first-order chi connectivity index (χ1) is 6.27. The molecule has 0 spiro atoms. The maximum Gasteiger partial charge on any atom is 0.398 e. The predicted molar refractivity (Wildman–Crippen MR) is 54.3 cm³/mol. The van der Waals surface area contributed by atoms with Gasteiger partial charge in [-0.15, -0.1) is 22.2 Å². The van der Waals surface area contributed by atoms with Gasteiger partial charge in [0.1, 0.15) is 0 Å². The number of hydrogen-bond donors (Lipinski definition) is 0. The minimum Gasteiger partial charge on any atom is -0.173 e. The molecule has 0 aliphatic carbocycles. The van der Waals surface area contributed by atoms with Crippen molar-refractivity contribution in [1.82, 2.24) is 0 Å². The van der Waals surface area contributed by atoms with Crippen LogP contribution in [0.5, 0.6) is 0 Å². The number of aryl methyl sites for hydroxylation is 1. The van der Waals surface area contributed by atoms with Gasteiger partial charge in [0, 0.05) is 0 Å². The molecule has 1 aromatic carbocycles. The fourth-order valence-electron chi connectivity index (χ4n) is 1.08. The molecule has 0 heterocycles. The van der Waals surface area contributed by atoms with E-state index in [1.807, 2.05) is 0 Å². The van der Waals surface area contributed by atoms with Gasteiger partial charge < -0.3 is 0 Å². The van der Waals surface area contributed by atoms with Gasteiger partial charge >= 0.3 is 12.5 Å². The summed E-state index contributed by atoms with van der Waals surface area (Å²) < 4.78 is 37.5. The third-order valence-electron chi connectivity index (χ3n) is 1.84. The second kappa shape index (κ2) is 3.75. The second-order valence-electron chi connectivity index (χ2n) is 2.89. The minimum atomic E-state index is -4.54. The quantitative estimate of drug-likeness (QED) is 0.536. The lowest BCUT2D eigenvalue weighted by Gasteiger charge is -2.21. The molecular weight excluding hydrogens is 252 g/mol. The molecule has 0 fully saturated rings. The van der Waals surface area contributed by atoms with E-state index >= 15 is 0 Å². The molecule has 0 aromatic heterocycles. The smallest absolute Gasteiger partial charge is 0.173 e. The Morgan fingerprint density at radius 3 is 2.07 bits per heavy atom. The molecule has 6 heteroatoms. The minimum absolute atomic E-state index is 0.0100. The highest BCUT2D eigenvalue weighted by Crippen LogP contribution is 2.35. The monoisotopic (exact) mass is 258 g/mol. The highest BCUT2D eigenvalue weighted by Gasteiger charge is 2.58. The summed E-state index contributed by atoms with van der Waals surface area (Å²) in [5.74, 6) is -4.54. The molecule has 1 rings (SSSR count). The molecule has 1 aromatic rings. The summed E-state index contributed by atoms with van der Waals surface area (Å²) in [6.45, 7) is -2.82. The molecule has 0 aliphatic rings. The predicted octanol–water partition coefficient (Wildman–Crippen LogP) is 3.22. The first kappa shape index (κ1) is 11.9. The van der Waals surface area contributed by atoms with E-state index in [9.17, 15) is 13.2 Å². The SMILES string of the molecule is Cc1ccccc1[Si](Cl)(Cl)C(F)(F)F. The van der Waals surface area contributed by atoms with Crippen LogP contribution in [-0.4, -0.2) is 12.5 Å². The first-order valence-electron chi connectivity index (χ1n) is 3.77. The van der Waals surface area contributed by atoms with Gasteiger partial charge in [0.05, 0.1) is 0 Å². The van der Waals surface area contributed by atoms with Crippen molar-refractivity contribution in [1.29, 1.82) is 0 Å². The summed E-state index contributed by atoms with van der Waals surface area (Å²) in [5.41, 5.74) is 0.474. The van der Waals surface area contributed by atoms with Gasteiger partial charge in [0.25, 0.3) is 0 Å². The molecule has 0 bridgehead atoms. The van der Waals surface area contributed by atoms with Gasteiger partial charge in [0.15, 0.2) is 0 Å². The van der Waals surface area contributed by atoms with E-state index in [0.29, 0.717) is 5.56 Å². The summed E-state index contributed by atoms with van der Waals surface area (Å²) in [4.78, 5) is 0. The van der Waals surface area contributed by atoms with Crippen molar-refractivity contribution >= 4 is 34.0 Å². The van der Waals surface area contributed by atoms with Crippen molar-refractivity contribution in [3.63, 3.8) is 0 Å². The lowest BCUT2D eigenvalue weighted by atomic mass is 10.2. The standard InChI is InChI=1S/C8H7Cl2F3Si/c1-6-4-2-3-5-7(6)14(9,10)8(11,12)13/h2-5H,1H3. The van der Waals surface area contributed by atoms with Crippen LogP contribution in [0.15, 0.2) is 24.3 Å². The van der Waals surface area contributed by atoms with E-state index in [1.54, 1.807) is 19.1 Å². The van der Waals surface area contributed by atoms with E-state index < -0.39 is 12.5 Å². The van der Waals surface area contributed by atoms with Crippen LogP contribution in [0.25, 0.3) is 0 Å². The highest BCUT2D eigenvalue weighted by molar-refractivity contribution is 7.51. The zero-order valence-corrected chi connectivity index (χ0v) is 9.71. The zero-order chi connectivity index (χ0) is 11.0. The van der Waals surface area contributed by atoms with E-state index in [0.717, 1.165) is 0 Å². The van der Waals surface area contributed by atoms with E-state index in [1.165, 1.54) is 12.1 Å². The summed E-state index contributed by atoms with van der Waals surface area (Å²) in [6, 6.07) is 6.04. The van der Waals surface area contributed by atoms with Gasteiger partial charge in [-0.05, 0) is 17.7 Å². The third kappa shape index (κ3) is 2.07. The van der Waals surface area contributed by atoms with Gasteiger partial charge in [-0.25, -0.2) is 0 Å². The Balaban J connectivity index is 3.23. The van der Waals surface area contributed by atoms with Crippen LogP contribution in [0, 0.1) is 6.92 Å². The zero-order valence-electron chi connectivity index (χ0n) is 7.20. The Bertz CT molecular complexity index is 336. The van der Waals surface area contributed by atoms with Gasteiger partial charge in [-0.1, -0.05) is 24.3 Å². The van der Waals surface area contributed by atoms with Crippen LogP contribution < -0.4 is 5.19 Å². The highest BCUT2D eigenvalue weighted by atomic mass is 35.7. The van der Waals surface area contributed by atoms with Crippen LogP contribution in [-0.2, 0) is 0 Å². The molecule has 78 valence electrons. The molecular formula is C8H7Cl2F3Si. The number of hydrogen-bond acceptors (Lipinski definition) is 0. The Morgan fingerprint density at radius 2 is 1.64 bits per heavy atom. The second-order valence-corrected chi connectivity index (χ2v) is 9.12. The molecule has 0 saturated carbocycles. The largest absolute Gasteiger partial charge is 0.398 e. The van der Waals surface area contributed by atoms with E-state index in [2.05, 4.69) is 0 Å². The molecule has 0 aliphatic heterocycles.